The second-order valence-electron chi connectivity index (χ2n) is 28.0. The van der Waals surface area contributed by atoms with Crippen molar-refractivity contribution in [1.82, 2.24) is 0 Å². The Morgan fingerprint density at radius 1 is 0.220 bits per heavy atom. The summed E-state index contributed by atoms with van der Waals surface area (Å²) < 4.78 is 12.8. The molecule has 522 valence electrons. The normalized spacial score (nSPS) is 11.8. The molecule has 8 nitrogen and oxygen atoms in total. The van der Waals surface area contributed by atoms with Gasteiger partial charge < -0.3 is 39.5 Å². The van der Waals surface area contributed by atoms with Gasteiger partial charge in [-0.2, -0.15) is 0 Å². The average molecular weight is 1410 g/mol. The van der Waals surface area contributed by atoms with Crippen LogP contribution in [0.3, 0.4) is 0 Å². The fourth-order valence-corrected chi connectivity index (χ4v) is 15.4. The van der Waals surface area contributed by atoms with Crippen molar-refractivity contribution in [2.75, 3.05) is 30.7 Å². The summed E-state index contributed by atoms with van der Waals surface area (Å²) in [5, 5.41) is 20.1. The van der Waals surface area contributed by atoms with Crippen LogP contribution in [0.25, 0.3) is 76.5 Å². The molecule has 0 atom stereocenters. The second kappa shape index (κ2) is 29.3. The van der Waals surface area contributed by atoms with Gasteiger partial charge in [0, 0.05) is 119 Å². The van der Waals surface area contributed by atoms with Crippen LogP contribution in [0.5, 0.6) is 0 Å². The van der Waals surface area contributed by atoms with Gasteiger partial charge in [-0.05, 0) is 214 Å². The minimum absolute atomic E-state index is 0.0408. The van der Waals surface area contributed by atoms with E-state index >= 15 is 0 Å². The molecule has 0 amide bonds. The summed E-state index contributed by atoms with van der Waals surface area (Å²) >= 11 is 0. The van der Waals surface area contributed by atoms with Gasteiger partial charge in [0.2, 0.25) is 0 Å². The van der Waals surface area contributed by atoms with Crippen LogP contribution in [0.4, 0.5) is 85.3 Å². The smallest absolute Gasteiger partial charge is 0.159 e. The molecule has 0 saturated carbocycles. The number of para-hydroxylation sites is 7. The van der Waals surface area contributed by atoms with Gasteiger partial charge >= 0.3 is 0 Å². The molecule has 8 heteroatoms. The Morgan fingerprint density at radius 3 is 1.28 bits per heavy atom. The molecule has 109 heavy (non-hydrogen) atoms. The second-order valence-corrected chi connectivity index (χ2v) is 28.0. The third kappa shape index (κ3) is 13.6. The summed E-state index contributed by atoms with van der Waals surface area (Å²) in [6, 6.07) is 142. The molecule has 1 aliphatic carbocycles. The largest absolute Gasteiger partial charge is 0.456 e. The lowest BCUT2D eigenvalue weighted by molar-refractivity contribution is 0.660. The minimum atomic E-state index is -0.0408. The summed E-state index contributed by atoms with van der Waals surface area (Å²) in [6.45, 7) is 4.64. The fourth-order valence-electron chi connectivity index (χ4n) is 15.4. The molecule has 20 rings (SSSR count). The number of benzene rings is 17. The van der Waals surface area contributed by atoms with Crippen molar-refractivity contribution in [3.8, 4) is 11.1 Å². The molecule has 0 saturated heterocycles. The van der Waals surface area contributed by atoms with Gasteiger partial charge in [0.25, 0.3) is 0 Å². The van der Waals surface area contributed by atoms with E-state index in [0.29, 0.717) is 0 Å². The Bertz CT molecular complexity index is 6420. The number of nitrogens with zero attached hydrogens (tertiary/aromatic N) is 3. The maximum atomic E-state index is 6.46. The summed E-state index contributed by atoms with van der Waals surface area (Å²) in [7, 11) is 0. The molecule has 0 unspecified atom stereocenters. The predicted molar refractivity (Wildman–Crippen MR) is 460 cm³/mol. The zero-order valence-electron chi connectivity index (χ0n) is 60.3. The number of fused-ring (bicyclic) bond motifs is 11. The molecule has 19 aromatic rings. The SMILES string of the molecule is CC1(C)c2ccccc2-c2ccc(Nc3cccc(N(c4ccccc4)c4cccc5c4oc4ccccc45)c3)cc21.c1ccc(N(c2cccc(Nc3ccc4ccccc4c3)c2)c2ccc3ccccc3c2)cc1.c1ccc(Nc2ccc3c(c2)oc2cc(N(c4ccccc4)c4ccccc4)ccc23)cc1. The summed E-state index contributed by atoms with van der Waals surface area (Å²) in [5.41, 5.74) is 24.9. The van der Waals surface area contributed by atoms with Gasteiger partial charge in [0.1, 0.15) is 16.7 Å². The van der Waals surface area contributed by atoms with E-state index in [9.17, 15) is 0 Å². The van der Waals surface area contributed by atoms with Gasteiger partial charge in [0.05, 0.1) is 5.69 Å². The van der Waals surface area contributed by atoms with Crippen molar-refractivity contribution in [3.05, 3.63) is 418 Å². The standard InChI is InChI=1S/C39H30N2O.C32H24N2.C30H22N2O/c1-39(2)34-19-8-6-16-30(34)31-23-22-27(25-35(31)39)40-26-12-10-15-29(24-26)41(28-13-4-3-5-14-28)36-20-11-18-33-32-17-7-9-21-37(32)42-38(33)36;1-2-14-30(15-3-1)34(32-20-18-25-10-5-7-12-27(25)22-32)31-16-8-13-28(23-31)33-29-19-17-24-9-4-6-11-26(24)21-29;1-4-10-22(11-5-1)31-23-16-18-27-28-19-17-26(21-30(28)33-29(27)20-23)32(24-12-6-2-7-13-24)25-14-8-3-9-15-25/h3-25,40H,1-2H3;1-23,33H;1-21,31H. The number of rotatable bonds is 15. The van der Waals surface area contributed by atoms with Crippen LogP contribution in [0.1, 0.15) is 25.0 Å². The van der Waals surface area contributed by atoms with Crippen LogP contribution in [0.15, 0.2) is 415 Å². The molecule has 0 bridgehead atoms. The van der Waals surface area contributed by atoms with Crippen LogP contribution >= 0.6 is 0 Å². The highest BCUT2D eigenvalue weighted by atomic mass is 16.3. The molecule has 1 aliphatic rings. The Labute approximate surface area is 634 Å². The number of nitrogens with one attached hydrogen (secondary N) is 3. The number of furan rings is 2. The van der Waals surface area contributed by atoms with Crippen LogP contribution in [-0.2, 0) is 5.41 Å². The first-order valence-corrected chi connectivity index (χ1v) is 37.0. The van der Waals surface area contributed by atoms with Crippen molar-refractivity contribution in [2.45, 2.75) is 19.3 Å². The van der Waals surface area contributed by atoms with E-state index in [1.165, 1.54) is 43.8 Å². The van der Waals surface area contributed by atoms with E-state index in [2.05, 4.69) is 408 Å². The Kier molecular flexibility index (Phi) is 17.9. The van der Waals surface area contributed by atoms with Gasteiger partial charge in [-0.1, -0.05) is 238 Å². The van der Waals surface area contributed by atoms with Gasteiger partial charge in [0.15, 0.2) is 5.58 Å². The van der Waals surface area contributed by atoms with Crippen molar-refractivity contribution >= 4 is 151 Å². The Balaban J connectivity index is 0.000000116. The van der Waals surface area contributed by atoms with Crippen LogP contribution in [0, 0.1) is 0 Å². The Hall–Kier alpha value is -14.3. The molecule has 0 fully saturated rings. The first-order chi connectivity index (χ1) is 53.8. The van der Waals surface area contributed by atoms with Crippen molar-refractivity contribution in [3.63, 3.8) is 0 Å². The number of anilines is 15. The zero-order chi connectivity index (χ0) is 73.0. The number of hydrogen-bond acceptors (Lipinski definition) is 8. The van der Waals surface area contributed by atoms with Gasteiger partial charge in [-0.15, -0.1) is 0 Å². The molecular weight excluding hydrogens is 1330 g/mol. The lowest BCUT2D eigenvalue weighted by Crippen LogP contribution is -2.15. The fraction of sp³-hybridized carbons (Fsp3) is 0.0297. The summed E-state index contributed by atoms with van der Waals surface area (Å²) in [5.74, 6) is 0. The van der Waals surface area contributed by atoms with Crippen LogP contribution in [0.2, 0.25) is 0 Å². The van der Waals surface area contributed by atoms with Crippen molar-refractivity contribution in [2.24, 2.45) is 0 Å². The lowest BCUT2D eigenvalue weighted by atomic mass is 9.82. The van der Waals surface area contributed by atoms with Crippen LogP contribution < -0.4 is 30.7 Å². The molecule has 0 radical (unpaired) electrons. The highest BCUT2D eigenvalue weighted by molar-refractivity contribution is 6.11. The van der Waals surface area contributed by atoms with E-state index in [0.717, 1.165) is 129 Å². The first-order valence-electron chi connectivity index (χ1n) is 37.0. The minimum Gasteiger partial charge on any atom is -0.456 e. The van der Waals surface area contributed by atoms with E-state index in [4.69, 9.17) is 8.83 Å². The quantitative estimate of drug-likeness (QED) is 0.0938. The van der Waals surface area contributed by atoms with E-state index in [-0.39, 0.29) is 5.41 Å². The summed E-state index contributed by atoms with van der Waals surface area (Å²) in [6.07, 6.45) is 0. The summed E-state index contributed by atoms with van der Waals surface area (Å²) in [4.78, 5) is 6.82. The zero-order valence-corrected chi connectivity index (χ0v) is 60.3. The highest BCUT2D eigenvalue weighted by Crippen LogP contribution is 2.50. The monoisotopic (exact) mass is 1400 g/mol. The molecule has 0 spiro atoms. The molecule has 2 aromatic heterocycles. The van der Waals surface area contributed by atoms with Gasteiger partial charge in [-0.3, -0.25) is 0 Å². The van der Waals surface area contributed by atoms with Crippen molar-refractivity contribution in [1.29, 1.82) is 0 Å². The third-order valence-electron chi connectivity index (χ3n) is 20.6. The first kappa shape index (κ1) is 66.6. The molecular formula is C101H76N6O2. The van der Waals surface area contributed by atoms with E-state index in [1.807, 2.05) is 42.5 Å². The van der Waals surface area contributed by atoms with Gasteiger partial charge in [-0.25, -0.2) is 0 Å². The molecule has 3 N–H and O–H groups in total. The van der Waals surface area contributed by atoms with Crippen LogP contribution in [-0.4, -0.2) is 0 Å². The topological polar surface area (TPSA) is 72.1 Å². The molecule has 17 aromatic carbocycles. The highest BCUT2D eigenvalue weighted by Gasteiger charge is 2.35. The molecule has 2 heterocycles. The number of hydrogen-bond donors (Lipinski definition) is 3. The van der Waals surface area contributed by atoms with E-state index < -0.39 is 0 Å². The van der Waals surface area contributed by atoms with Crippen molar-refractivity contribution < 1.29 is 8.83 Å². The maximum Gasteiger partial charge on any atom is 0.159 e. The van der Waals surface area contributed by atoms with E-state index in [1.54, 1.807) is 0 Å². The maximum absolute atomic E-state index is 6.46. The third-order valence-corrected chi connectivity index (χ3v) is 20.6. The Morgan fingerprint density at radius 2 is 0.615 bits per heavy atom. The lowest BCUT2D eigenvalue weighted by Gasteiger charge is -2.26. The molecule has 0 aliphatic heterocycles. The predicted octanol–water partition coefficient (Wildman–Crippen LogP) is 29.1. The average Bonchev–Trinajstić information content (AvgIpc) is 1.58.